The van der Waals surface area contributed by atoms with Crippen LogP contribution in [0.1, 0.15) is 58.8 Å². The number of carbonyl (C=O) groups excluding carboxylic acids is 3. The van der Waals surface area contributed by atoms with Gasteiger partial charge in [-0.3, -0.25) is 14.4 Å². The summed E-state index contributed by atoms with van der Waals surface area (Å²) in [4.78, 5) is 51.9. The molecule has 1 heterocycles. The quantitative estimate of drug-likeness (QED) is 0.205. The molecule has 1 aliphatic heterocycles. The third-order valence-corrected chi connectivity index (χ3v) is 6.83. The van der Waals surface area contributed by atoms with Crippen LogP contribution < -0.4 is 22.1 Å². The van der Waals surface area contributed by atoms with E-state index in [-0.39, 0.29) is 18.2 Å². The fourth-order valence-electron chi connectivity index (χ4n) is 3.79. The second kappa shape index (κ2) is 15.1. The van der Waals surface area contributed by atoms with Crippen LogP contribution in [0.5, 0.6) is 0 Å². The number of rotatable bonds is 15. The Kier molecular flexibility index (Phi) is 13.4. The highest BCUT2D eigenvalue weighted by Crippen LogP contribution is 2.21. The first kappa shape index (κ1) is 29.2. The topological polar surface area (TPSA) is 168 Å². The number of unbranched alkanes of at least 4 members (excludes halogenated alkanes) is 1. The van der Waals surface area contributed by atoms with Gasteiger partial charge in [-0.2, -0.15) is 11.8 Å². The Morgan fingerprint density at radius 3 is 2.42 bits per heavy atom. The molecule has 3 amide bonds. The summed E-state index contributed by atoms with van der Waals surface area (Å²) < 4.78 is 0. The van der Waals surface area contributed by atoms with Crippen molar-refractivity contribution in [2.45, 2.75) is 83.0 Å². The molecule has 0 aliphatic carbocycles. The van der Waals surface area contributed by atoms with Crippen molar-refractivity contribution in [2.24, 2.45) is 17.4 Å². The molecular weight excluding hydrogens is 446 g/mol. The van der Waals surface area contributed by atoms with Crippen LogP contribution in [0.25, 0.3) is 0 Å². The second-order valence-corrected chi connectivity index (χ2v) is 9.61. The molecule has 11 heteroatoms. The number of nitrogens with one attached hydrogen (secondary N) is 2. The average Bonchev–Trinajstić information content (AvgIpc) is 3.29. The van der Waals surface area contributed by atoms with Crippen molar-refractivity contribution in [2.75, 3.05) is 25.1 Å². The van der Waals surface area contributed by atoms with Gasteiger partial charge in [0.2, 0.25) is 17.7 Å². The summed E-state index contributed by atoms with van der Waals surface area (Å²) >= 11 is 1.52. The van der Waals surface area contributed by atoms with Crippen LogP contribution in [0.15, 0.2) is 0 Å². The molecule has 0 radical (unpaired) electrons. The van der Waals surface area contributed by atoms with Crippen LogP contribution in [-0.4, -0.2) is 83.0 Å². The van der Waals surface area contributed by atoms with E-state index in [0.29, 0.717) is 50.9 Å². The molecule has 33 heavy (non-hydrogen) atoms. The van der Waals surface area contributed by atoms with Gasteiger partial charge < -0.3 is 32.1 Å². The van der Waals surface area contributed by atoms with Gasteiger partial charge in [0.05, 0.1) is 6.04 Å². The van der Waals surface area contributed by atoms with E-state index in [1.165, 1.54) is 16.7 Å². The lowest BCUT2D eigenvalue weighted by Crippen LogP contribution is -2.57. The summed E-state index contributed by atoms with van der Waals surface area (Å²) in [6.45, 7) is 4.76. The molecule has 10 nitrogen and oxygen atoms in total. The minimum Gasteiger partial charge on any atom is -0.480 e. The highest BCUT2D eigenvalue weighted by Gasteiger charge is 2.38. The van der Waals surface area contributed by atoms with E-state index in [1.807, 2.05) is 20.1 Å². The van der Waals surface area contributed by atoms with Crippen LogP contribution in [0.2, 0.25) is 0 Å². The number of thioether (sulfide) groups is 1. The molecule has 5 unspecified atom stereocenters. The van der Waals surface area contributed by atoms with E-state index in [9.17, 15) is 24.3 Å². The maximum absolute atomic E-state index is 13.1. The maximum atomic E-state index is 13.1. The number of aliphatic carboxylic acids is 1. The first-order valence-corrected chi connectivity index (χ1v) is 13.2. The predicted molar refractivity (Wildman–Crippen MR) is 130 cm³/mol. The fraction of sp³-hybridized carbons (Fsp3) is 0.818. The number of carboxylic acid groups (broad SMARTS) is 1. The molecule has 0 bridgehead atoms. The van der Waals surface area contributed by atoms with Gasteiger partial charge in [-0.15, -0.1) is 0 Å². The second-order valence-electron chi connectivity index (χ2n) is 8.63. The molecule has 1 rings (SSSR count). The van der Waals surface area contributed by atoms with Gasteiger partial charge in [-0.25, -0.2) is 4.79 Å². The number of amides is 3. The SMILES string of the molecule is CCC(C)C(N)C(=O)N1CCCC1C(=O)NC(CCSC)C(=O)NC(CCCCN)C(=O)O. The van der Waals surface area contributed by atoms with E-state index in [1.54, 1.807) is 0 Å². The van der Waals surface area contributed by atoms with Gasteiger partial charge >= 0.3 is 5.97 Å². The molecule has 0 aromatic heterocycles. The van der Waals surface area contributed by atoms with Crippen LogP contribution in [0.4, 0.5) is 0 Å². The first-order chi connectivity index (χ1) is 15.7. The number of likely N-dealkylation sites (tertiary alicyclic amines) is 1. The minimum atomic E-state index is -1.12. The predicted octanol–water partition coefficient (Wildman–Crippen LogP) is 0.287. The molecule has 0 saturated carbocycles. The van der Waals surface area contributed by atoms with Crippen molar-refractivity contribution in [3.05, 3.63) is 0 Å². The molecule has 0 aromatic carbocycles. The smallest absolute Gasteiger partial charge is 0.326 e. The van der Waals surface area contributed by atoms with E-state index in [0.717, 1.165) is 6.42 Å². The molecule has 1 aliphatic rings. The first-order valence-electron chi connectivity index (χ1n) is 11.8. The zero-order valence-electron chi connectivity index (χ0n) is 20.0. The molecule has 1 fully saturated rings. The summed E-state index contributed by atoms with van der Waals surface area (Å²) in [5, 5.41) is 14.8. The number of nitrogens with two attached hydrogens (primary N) is 2. The monoisotopic (exact) mass is 487 g/mol. The summed E-state index contributed by atoms with van der Waals surface area (Å²) in [5.41, 5.74) is 11.6. The lowest BCUT2D eigenvalue weighted by Gasteiger charge is -2.30. The van der Waals surface area contributed by atoms with Crippen molar-refractivity contribution in [3.63, 3.8) is 0 Å². The Morgan fingerprint density at radius 1 is 1.15 bits per heavy atom. The molecule has 190 valence electrons. The van der Waals surface area contributed by atoms with E-state index >= 15 is 0 Å². The van der Waals surface area contributed by atoms with Crippen LogP contribution in [0, 0.1) is 5.92 Å². The Labute approximate surface area is 200 Å². The lowest BCUT2D eigenvalue weighted by atomic mass is 9.98. The summed E-state index contributed by atoms with van der Waals surface area (Å²) in [5.74, 6) is -1.72. The standard InChI is InChI=1S/C22H41N5O5S/c1-4-14(2)18(24)21(30)27-12-7-9-17(27)20(29)25-15(10-13-33-3)19(28)26-16(22(31)32)8-5-6-11-23/h14-18H,4-13,23-24H2,1-3H3,(H,25,29)(H,26,28)(H,31,32). The van der Waals surface area contributed by atoms with Crippen LogP contribution in [0.3, 0.4) is 0 Å². The van der Waals surface area contributed by atoms with Crippen molar-refractivity contribution in [1.82, 2.24) is 15.5 Å². The van der Waals surface area contributed by atoms with Crippen molar-refractivity contribution < 1.29 is 24.3 Å². The Balaban J connectivity index is 2.87. The molecule has 0 spiro atoms. The maximum Gasteiger partial charge on any atom is 0.326 e. The van der Waals surface area contributed by atoms with Crippen molar-refractivity contribution >= 4 is 35.5 Å². The van der Waals surface area contributed by atoms with E-state index in [4.69, 9.17) is 11.5 Å². The molecule has 1 saturated heterocycles. The molecule has 5 atom stereocenters. The normalized spacial score (nSPS) is 19.4. The average molecular weight is 488 g/mol. The fourth-order valence-corrected chi connectivity index (χ4v) is 4.26. The Morgan fingerprint density at radius 2 is 1.85 bits per heavy atom. The molecule has 0 aromatic rings. The largest absolute Gasteiger partial charge is 0.480 e. The number of nitrogens with zero attached hydrogens (tertiary/aromatic N) is 1. The molecular formula is C22H41N5O5S. The zero-order valence-corrected chi connectivity index (χ0v) is 20.9. The van der Waals surface area contributed by atoms with Gasteiger partial charge in [-0.1, -0.05) is 20.3 Å². The summed E-state index contributed by atoms with van der Waals surface area (Å²) in [6, 6.07) is -3.29. The number of carboxylic acids is 1. The number of hydrogen-bond donors (Lipinski definition) is 5. The van der Waals surface area contributed by atoms with E-state index in [2.05, 4.69) is 10.6 Å². The van der Waals surface area contributed by atoms with Crippen molar-refractivity contribution in [1.29, 1.82) is 0 Å². The highest BCUT2D eigenvalue weighted by atomic mass is 32.2. The number of carbonyl (C=O) groups is 4. The van der Waals surface area contributed by atoms with Gasteiger partial charge in [0.15, 0.2) is 0 Å². The lowest BCUT2D eigenvalue weighted by molar-refractivity contribution is -0.143. The van der Waals surface area contributed by atoms with Gasteiger partial charge in [0.25, 0.3) is 0 Å². The highest BCUT2D eigenvalue weighted by molar-refractivity contribution is 7.98. The zero-order chi connectivity index (χ0) is 25.0. The third kappa shape index (κ3) is 9.13. The van der Waals surface area contributed by atoms with Crippen LogP contribution >= 0.6 is 11.8 Å². The Bertz CT molecular complexity index is 665. The summed E-state index contributed by atoms with van der Waals surface area (Å²) in [6.07, 6.45) is 5.67. The number of hydrogen-bond acceptors (Lipinski definition) is 7. The summed E-state index contributed by atoms with van der Waals surface area (Å²) in [7, 11) is 0. The van der Waals surface area contributed by atoms with Crippen LogP contribution in [-0.2, 0) is 19.2 Å². The third-order valence-electron chi connectivity index (χ3n) is 6.19. The Hall–Kier alpha value is -1.85. The van der Waals surface area contributed by atoms with Gasteiger partial charge in [0, 0.05) is 6.54 Å². The van der Waals surface area contributed by atoms with Crippen molar-refractivity contribution in [3.8, 4) is 0 Å². The minimum absolute atomic E-state index is 0.00543. The van der Waals surface area contributed by atoms with E-state index < -0.39 is 42.0 Å². The van der Waals surface area contributed by atoms with Gasteiger partial charge in [-0.05, 0) is 63.0 Å². The van der Waals surface area contributed by atoms with Gasteiger partial charge in [0.1, 0.15) is 18.1 Å². The molecule has 7 N–H and O–H groups in total.